The fourth-order valence-corrected chi connectivity index (χ4v) is 3.53. The van der Waals surface area contributed by atoms with Gasteiger partial charge in [0.15, 0.2) is 0 Å². The molecule has 1 fully saturated rings. The molecule has 1 aromatic rings. The zero-order valence-electron chi connectivity index (χ0n) is 13.0. The van der Waals surface area contributed by atoms with E-state index in [0.29, 0.717) is 0 Å². The summed E-state index contributed by atoms with van der Waals surface area (Å²) < 4.78 is 0. The van der Waals surface area contributed by atoms with E-state index >= 15 is 0 Å². The van der Waals surface area contributed by atoms with Crippen LogP contribution in [0.2, 0.25) is 0 Å². The first kappa shape index (κ1) is 16.1. The summed E-state index contributed by atoms with van der Waals surface area (Å²) in [4.78, 5) is 21.0. The van der Waals surface area contributed by atoms with Crippen molar-refractivity contribution in [2.24, 2.45) is 0 Å². The van der Waals surface area contributed by atoms with E-state index in [2.05, 4.69) is 16.8 Å². The SMILES string of the molecule is CCCCSC(C)C(=O)N1CCN(c2ccccn2)CC1. The molecule has 4 nitrogen and oxygen atoms in total. The number of thioether (sulfide) groups is 1. The summed E-state index contributed by atoms with van der Waals surface area (Å²) >= 11 is 1.78. The first-order valence-electron chi connectivity index (χ1n) is 7.78. The van der Waals surface area contributed by atoms with Gasteiger partial charge < -0.3 is 9.80 Å². The largest absolute Gasteiger partial charge is 0.353 e. The maximum Gasteiger partial charge on any atom is 0.235 e. The van der Waals surface area contributed by atoms with Gasteiger partial charge in [-0.3, -0.25) is 4.79 Å². The molecule has 0 aliphatic carbocycles. The van der Waals surface area contributed by atoms with Crippen molar-refractivity contribution in [1.29, 1.82) is 0 Å². The number of amides is 1. The quantitative estimate of drug-likeness (QED) is 0.757. The molecule has 21 heavy (non-hydrogen) atoms. The molecule has 1 atom stereocenters. The Labute approximate surface area is 131 Å². The Bertz CT molecular complexity index is 432. The number of carbonyl (C=O) groups is 1. The van der Waals surface area contributed by atoms with Gasteiger partial charge in [-0.2, -0.15) is 0 Å². The summed E-state index contributed by atoms with van der Waals surface area (Å²) in [6.45, 7) is 7.56. The molecule has 1 aliphatic rings. The lowest BCUT2D eigenvalue weighted by molar-refractivity contribution is -0.130. The number of aromatic nitrogens is 1. The zero-order valence-corrected chi connectivity index (χ0v) is 13.8. The Morgan fingerprint density at radius 1 is 1.33 bits per heavy atom. The van der Waals surface area contributed by atoms with Crippen LogP contribution in [-0.4, -0.2) is 53.0 Å². The molecule has 1 aliphatic heterocycles. The molecule has 0 aromatic carbocycles. The highest BCUT2D eigenvalue weighted by Crippen LogP contribution is 2.18. The molecule has 0 N–H and O–H groups in total. The second kappa shape index (κ2) is 8.27. The highest BCUT2D eigenvalue weighted by Gasteiger charge is 2.25. The van der Waals surface area contributed by atoms with Crippen molar-refractivity contribution in [2.45, 2.75) is 31.9 Å². The minimum atomic E-state index is 0.0814. The lowest BCUT2D eigenvalue weighted by atomic mass is 10.2. The number of nitrogens with zero attached hydrogens (tertiary/aromatic N) is 3. The van der Waals surface area contributed by atoms with Gasteiger partial charge in [0.25, 0.3) is 0 Å². The Hall–Kier alpha value is -1.23. The number of hydrogen-bond acceptors (Lipinski definition) is 4. The Kier molecular flexibility index (Phi) is 6.36. The van der Waals surface area contributed by atoms with Gasteiger partial charge in [0, 0.05) is 32.4 Å². The monoisotopic (exact) mass is 307 g/mol. The van der Waals surface area contributed by atoms with Crippen molar-refractivity contribution >= 4 is 23.5 Å². The van der Waals surface area contributed by atoms with Crippen LogP contribution >= 0.6 is 11.8 Å². The van der Waals surface area contributed by atoms with E-state index in [1.165, 1.54) is 12.8 Å². The summed E-state index contributed by atoms with van der Waals surface area (Å²) in [7, 11) is 0. The van der Waals surface area contributed by atoms with Gasteiger partial charge in [0.2, 0.25) is 5.91 Å². The average molecular weight is 307 g/mol. The van der Waals surface area contributed by atoms with Crippen molar-refractivity contribution in [2.75, 3.05) is 36.8 Å². The molecule has 1 amide bonds. The number of rotatable bonds is 6. The third-order valence-electron chi connectivity index (χ3n) is 3.78. The topological polar surface area (TPSA) is 36.4 Å². The van der Waals surface area contributed by atoms with Crippen molar-refractivity contribution in [1.82, 2.24) is 9.88 Å². The molecule has 5 heteroatoms. The standard InChI is InChI=1S/C16H25N3OS/c1-3-4-13-21-14(2)16(20)19-11-9-18(10-12-19)15-7-5-6-8-17-15/h5-8,14H,3-4,9-13H2,1-2H3. The van der Waals surface area contributed by atoms with E-state index in [9.17, 15) is 4.79 Å². The van der Waals surface area contributed by atoms with Crippen LogP contribution in [0, 0.1) is 0 Å². The van der Waals surface area contributed by atoms with Gasteiger partial charge in [-0.15, -0.1) is 11.8 Å². The van der Waals surface area contributed by atoms with Crippen molar-refractivity contribution in [3.8, 4) is 0 Å². The van der Waals surface area contributed by atoms with E-state index in [-0.39, 0.29) is 11.2 Å². The van der Waals surface area contributed by atoms with Gasteiger partial charge >= 0.3 is 0 Å². The Balaban J connectivity index is 1.79. The van der Waals surface area contributed by atoms with Crippen LogP contribution in [-0.2, 0) is 4.79 Å². The number of unbranched alkanes of at least 4 members (excludes halogenated alkanes) is 1. The van der Waals surface area contributed by atoms with Crippen molar-refractivity contribution < 1.29 is 4.79 Å². The van der Waals surface area contributed by atoms with E-state index in [0.717, 1.165) is 37.7 Å². The van der Waals surface area contributed by atoms with Crippen molar-refractivity contribution in [3.05, 3.63) is 24.4 Å². The van der Waals surface area contributed by atoms with Crippen LogP contribution in [0.25, 0.3) is 0 Å². The smallest absolute Gasteiger partial charge is 0.235 e. The second-order valence-electron chi connectivity index (χ2n) is 5.37. The van der Waals surface area contributed by atoms with Gasteiger partial charge in [-0.1, -0.05) is 19.4 Å². The molecule has 1 unspecified atom stereocenters. The second-order valence-corrected chi connectivity index (χ2v) is 6.82. The van der Waals surface area contributed by atoms with E-state index < -0.39 is 0 Å². The fraction of sp³-hybridized carbons (Fsp3) is 0.625. The summed E-state index contributed by atoms with van der Waals surface area (Å²) in [6.07, 6.45) is 4.20. The van der Waals surface area contributed by atoms with E-state index in [4.69, 9.17) is 0 Å². The summed E-state index contributed by atoms with van der Waals surface area (Å²) in [5, 5.41) is 0.0814. The normalized spacial score (nSPS) is 16.9. The van der Waals surface area contributed by atoms with Crippen LogP contribution in [0.4, 0.5) is 5.82 Å². The van der Waals surface area contributed by atoms with Gasteiger partial charge in [0.1, 0.15) is 5.82 Å². The van der Waals surface area contributed by atoms with Gasteiger partial charge in [0.05, 0.1) is 5.25 Å². The molecule has 2 rings (SSSR count). The number of carbonyl (C=O) groups excluding carboxylic acids is 1. The lowest BCUT2D eigenvalue weighted by Gasteiger charge is -2.36. The first-order valence-corrected chi connectivity index (χ1v) is 8.83. The molecule has 116 valence electrons. The summed E-state index contributed by atoms with van der Waals surface area (Å²) in [5.74, 6) is 2.38. The fourth-order valence-electron chi connectivity index (χ4n) is 2.43. The molecular formula is C16H25N3OS. The Morgan fingerprint density at radius 2 is 2.10 bits per heavy atom. The molecule has 0 radical (unpaired) electrons. The molecule has 1 aromatic heterocycles. The molecule has 1 saturated heterocycles. The summed E-state index contributed by atoms with van der Waals surface area (Å²) in [6, 6.07) is 5.96. The number of hydrogen-bond donors (Lipinski definition) is 0. The van der Waals surface area contributed by atoms with Gasteiger partial charge in [-0.25, -0.2) is 4.98 Å². The van der Waals surface area contributed by atoms with Crippen LogP contribution in [0.15, 0.2) is 24.4 Å². The van der Waals surface area contributed by atoms with Gasteiger partial charge in [-0.05, 0) is 31.2 Å². The minimum Gasteiger partial charge on any atom is -0.353 e. The van der Waals surface area contributed by atoms with Crippen LogP contribution in [0.1, 0.15) is 26.7 Å². The predicted octanol–water partition coefficient (Wildman–Crippen LogP) is 2.65. The van der Waals surface area contributed by atoms with E-state index in [1.807, 2.05) is 36.2 Å². The molecule has 0 spiro atoms. The number of pyridine rings is 1. The maximum atomic E-state index is 12.4. The van der Waals surface area contributed by atoms with Crippen LogP contribution in [0.3, 0.4) is 0 Å². The summed E-state index contributed by atoms with van der Waals surface area (Å²) in [5.41, 5.74) is 0. The lowest BCUT2D eigenvalue weighted by Crippen LogP contribution is -2.50. The molecule has 0 bridgehead atoms. The molecular weight excluding hydrogens is 282 g/mol. The van der Waals surface area contributed by atoms with E-state index in [1.54, 1.807) is 11.8 Å². The average Bonchev–Trinajstić information content (AvgIpc) is 2.55. The number of anilines is 1. The van der Waals surface area contributed by atoms with Crippen LogP contribution < -0.4 is 4.90 Å². The minimum absolute atomic E-state index is 0.0814. The third kappa shape index (κ3) is 4.63. The third-order valence-corrected chi connectivity index (χ3v) is 5.00. The Morgan fingerprint density at radius 3 is 2.71 bits per heavy atom. The van der Waals surface area contributed by atoms with Crippen LogP contribution in [0.5, 0.6) is 0 Å². The molecule has 2 heterocycles. The molecule has 0 saturated carbocycles. The first-order chi connectivity index (χ1) is 10.2. The maximum absolute atomic E-state index is 12.4. The number of piperazine rings is 1. The highest BCUT2D eigenvalue weighted by molar-refractivity contribution is 8.00. The highest BCUT2D eigenvalue weighted by atomic mass is 32.2. The zero-order chi connectivity index (χ0) is 15.1. The predicted molar refractivity (Wildman–Crippen MR) is 89.9 cm³/mol. The van der Waals surface area contributed by atoms with Crippen molar-refractivity contribution in [3.63, 3.8) is 0 Å².